The summed E-state index contributed by atoms with van der Waals surface area (Å²) in [6, 6.07) is 8.46. The molecule has 1 aromatic carbocycles. The van der Waals surface area contributed by atoms with Crippen LogP contribution in [0.5, 0.6) is 0 Å². The quantitative estimate of drug-likeness (QED) is 0.468. The van der Waals surface area contributed by atoms with Crippen LogP contribution in [0.2, 0.25) is 0 Å². The van der Waals surface area contributed by atoms with E-state index in [1.807, 2.05) is 0 Å². The van der Waals surface area contributed by atoms with Crippen molar-refractivity contribution in [3.63, 3.8) is 0 Å². The van der Waals surface area contributed by atoms with E-state index in [-0.39, 0.29) is 0 Å². The van der Waals surface area contributed by atoms with E-state index in [9.17, 15) is 9.59 Å². The molecule has 0 bridgehead atoms. The number of rotatable bonds is 5. The van der Waals surface area contributed by atoms with Crippen molar-refractivity contribution in [3.8, 4) is 0 Å². The average Bonchev–Trinajstić information content (AvgIpc) is 2.54. The Morgan fingerprint density at radius 3 is 2.30 bits per heavy atom. The molecule has 1 unspecified atom stereocenters. The van der Waals surface area contributed by atoms with Crippen molar-refractivity contribution in [1.29, 1.82) is 0 Å². The fourth-order valence-corrected chi connectivity index (χ4v) is 2.22. The van der Waals surface area contributed by atoms with Gasteiger partial charge in [-0.05, 0) is 6.08 Å². The number of ketones is 2. The molecule has 0 fully saturated rings. The number of ether oxygens (including phenoxy) is 2. The summed E-state index contributed by atoms with van der Waals surface area (Å²) in [4.78, 5) is 24.7. The highest BCUT2D eigenvalue weighted by Gasteiger charge is 2.43. The minimum absolute atomic E-state index is 0.363. The van der Waals surface area contributed by atoms with Gasteiger partial charge >= 0.3 is 0 Å². The van der Waals surface area contributed by atoms with Crippen LogP contribution in [0, 0.1) is 5.92 Å². The minimum Gasteiger partial charge on any atom is -0.349 e. The molecule has 0 aromatic heterocycles. The van der Waals surface area contributed by atoms with Crippen molar-refractivity contribution in [3.05, 3.63) is 60.2 Å². The summed E-state index contributed by atoms with van der Waals surface area (Å²) in [7, 11) is 2.89. The van der Waals surface area contributed by atoms with Crippen molar-refractivity contribution >= 4 is 11.6 Å². The molecule has 0 saturated heterocycles. The van der Waals surface area contributed by atoms with E-state index in [4.69, 9.17) is 9.47 Å². The number of benzene rings is 1. The molecular formula is C16H16O4. The fraction of sp³-hybridized carbons (Fsp3) is 0.250. The van der Waals surface area contributed by atoms with Gasteiger partial charge in [0.25, 0.3) is 0 Å². The van der Waals surface area contributed by atoms with Gasteiger partial charge in [-0.25, -0.2) is 0 Å². The summed E-state index contributed by atoms with van der Waals surface area (Å²) in [6.45, 7) is 0. The monoisotopic (exact) mass is 272 g/mol. The van der Waals surface area contributed by atoms with Crippen molar-refractivity contribution in [2.75, 3.05) is 14.2 Å². The second kappa shape index (κ2) is 5.94. The molecule has 0 N–H and O–H groups in total. The molecule has 20 heavy (non-hydrogen) atoms. The first-order valence-corrected chi connectivity index (χ1v) is 6.24. The number of Topliss-reactive ketones (excluding diaryl/α,β-unsaturated/α-hetero) is 2. The van der Waals surface area contributed by atoms with E-state index in [1.165, 1.54) is 14.2 Å². The summed E-state index contributed by atoms with van der Waals surface area (Å²) < 4.78 is 10.6. The van der Waals surface area contributed by atoms with Gasteiger partial charge in [-0.3, -0.25) is 9.59 Å². The molecule has 4 heteroatoms. The Bertz CT molecular complexity index is 553. The van der Waals surface area contributed by atoms with E-state index < -0.39 is 23.3 Å². The van der Waals surface area contributed by atoms with Crippen LogP contribution in [-0.2, 0) is 14.3 Å². The summed E-state index contributed by atoms with van der Waals surface area (Å²) in [5.41, 5.74) is 0.363. The van der Waals surface area contributed by atoms with Gasteiger partial charge < -0.3 is 9.47 Å². The molecule has 104 valence electrons. The summed E-state index contributed by atoms with van der Waals surface area (Å²) in [5.74, 6) is -3.12. The van der Waals surface area contributed by atoms with Crippen molar-refractivity contribution in [2.45, 2.75) is 5.79 Å². The molecule has 0 heterocycles. The second-order valence-electron chi connectivity index (χ2n) is 4.41. The molecule has 1 atom stereocenters. The zero-order valence-corrected chi connectivity index (χ0v) is 11.4. The molecule has 1 aliphatic carbocycles. The molecule has 0 aliphatic heterocycles. The number of allylic oxidation sites excluding steroid dienone is 2. The molecular weight excluding hydrogens is 256 g/mol. The van der Waals surface area contributed by atoms with Gasteiger partial charge in [0.15, 0.2) is 0 Å². The zero-order valence-electron chi connectivity index (χ0n) is 11.4. The third-order valence-electron chi connectivity index (χ3n) is 3.36. The molecule has 0 spiro atoms. The van der Waals surface area contributed by atoms with Crippen molar-refractivity contribution in [1.82, 2.24) is 0 Å². The Hall–Kier alpha value is -2.04. The lowest BCUT2D eigenvalue weighted by Gasteiger charge is -2.34. The minimum atomic E-state index is -1.23. The first-order chi connectivity index (χ1) is 9.64. The molecule has 0 saturated carbocycles. The lowest BCUT2D eigenvalue weighted by Crippen LogP contribution is -2.46. The first kappa shape index (κ1) is 14.4. The van der Waals surface area contributed by atoms with E-state index >= 15 is 0 Å². The normalized spacial score (nSPS) is 19.8. The standard InChI is InChI=1S/C16H16O4/c1-19-16(20-2)11-7-6-10-13(16)15(18)14(17)12-8-4-3-5-9-12/h3-11,13H,1-2H3. The van der Waals surface area contributed by atoms with Gasteiger partial charge in [0, 0.05) is 19.8 Å². The molecule has 4 nitrogen and oxygen atoms in total. The molecule has 1 aliphatic rings. The number of methoxy groups -OCH3 is 2. The highest BCUT2D eigenvalue weighted by Crippen LogP contribution is 2.30. The Balaban J connectivity index is 2.30. The molecule has 2 rings (SSSR count). The predicted octanol–water partition coefficient (Wildman–Crippen LogP) is 2.17. The number of hydrogen-bond donors (Lipinski definition) is 0. The van der Waals surface area contributed by atoms with Gasteiger partial charge in [0.1, 0.15) is 5.92 Å². The second-order valence-corrected chi connectivity index (χ2v) is 4.41. The van der Waals surface area contributed by atoms with E-state index in [2.05, 4.69) is 0 Å². The number of carbonyl (C=O) groups excluding carboxylic acids is 2. The molecule has 1 aromatic rings. The van der Waals surface area contributed by atoms with Crippen molar-refractivity contribution < 1.29 is 19.1 Å². The van der Waals surface area contributed by atoms with Gasteiger partial charge in [0.05, 0.1) is 0 Å². The van der Waals surface area contributed by atoms with Crippen LogP contribution in [0.15, 0.2) is 54.6 Å². The zero-order chi connectivity index (χ0) is 14.6. The van der Waals surface area contributed by atoms with Crippen LogP contribution in [-0.4, -0.2) is 31.6 Å². The van der Waals surface area contributed by atoms with Crippen LogP contribution in [0.25, 0.3) is 0 Å². The maximum Gasteiger partial charge on any atom is 0.229 e. The number of carbonyl (C=O) groups is 2. The summed E-state index contributed by atoms with van der Waals surface area (Å²) >= 11 is 0. The Kier molecular flexibility index (Phi) is 4.27. The largest absolute Gasteiger partial charge is 0.349 e. The third kappa shape index (κ3) is 2.48. The molecule has 0 amide bonds. The molecule has 0 radical (unpaired) electrons. The van der Waals surface area contributed by atoms with Crippen LogP contribution in [0.4, 0.5) is 0 Å². The van der Waals surface area contributed by atoms with E-state index in [0.29, 0.717) is 5.56 Å². The van der Waals surface area contributed by atoms with E-state index in [0.717, 1.165) is 0 Å². The first-order valence-electron chi connectivity index (χ1n) is 6.24. The van der Waals surface area contributed by atoms with Crippen LogP contribution in [0.3, 0.4) is 0 Å². The smallest absolute Gasteiger partial charge is 0.229 e. The number of hydrogen-bond acceptors (Lipinski definition) is 4. The third-order valence-corrected chi connectivity index (χ3v) is 3.36. The SMILES string of the molecule is COC1(OC)C=CC=CC1C(=O)C(=O)c1ccccc1. The van der Waals surface area contributed by atoms with Crippen LogP contribution < -0.4 is 0 Å². The topological polar surface area (TPSA) is 52.6 Å². The van der Waals surface area contributed by atoms with Gasteiger partial charge in [0.2, 0.25) is 17.4 Å². The highest BCUT2D eigenvalue weighted by atomic mass is 16.7. The fourth-order valence-electron chi connectivity index (χ4n) is 2.22. The van der Waals surface area contributed by atoms with Crippen LogP contribution in [0.1, 0.15) is 10.4 Å². The summed E-state index contributed by atoms with van der Waals surface area (Å²) in [6.07, 6.45) is 6.69. The van der Waals surface area contributed by atoms with E-state index in [1.54, 1.807) is 54.6 Å². The lowest BCUT2D eigenvalue weighted by atomic mass is 9.86. The summed E-state index contributed by atoms with van der Waals surface area (Å²) in [5, 5.41) is 0. The Labute approximate surface area is 117 Å². The van der Waals surface area contributed by atoms with Crippen LogP contribution >= 0.6 is 0 Å². The van der Waals surface area contributed by atoms with Gasteiger partial charge in [-0.15, -0.1) is 0 Å². The maximum absolute atomic E-state index is 12.4. The predicted molar refractivity (Wildman–Crippen MR) is 74.3 cm³/mol. The Morgan fingerprint density at radius 1 is 1.05 bits per heavy atom. The van der Waals surface area contributed by atoms with Gasteiger partial charge in [-0.2, -0.15) is 0 Å². The van der Waals surface area contributed by atoms with Gasteiger partial charge in [-0.1, -0.05) is 48.6 Å². The Morgan fingerprint density at radius 2 is 1.70 bits per heavy atom. The highest BCUT2D eigenvalue weighted by molar-refractivity contribution is 6.44. The van der Waals surface area contributed by atoms with Crippen molar-refractivity contribution in [2.24, 2.45) is 5.92 Å². The lowest BCUT2D eigenvalue weighted by molar-refractivity contribution is -0.194. The average molecular weight is 272 g/mol. The maximum atomic E-state index is 12.4.